The first-order valence-corrected chi connectivity index (χ1v) is 12.6. The number of aliphatic hydroxyl groups is 1. The second-order valence-corrected chi connectivity index (χ2v) is 12.3. The van der Waals surface area contributed by atoms with E-state index in [4.69, 9.17) is 5.26 Å². The van der Waals surface area contributed by atoms with E-state index >= 15 is 0 Å². The van der Waals surface area contributed by atoms with Crippen LogP contribution in [0.1, 0.15) is 70.8 Å². The van der Waals surface area contributed by atoms with Crippen molar-refractivity contribution in [3.8, 4) is 6.07 Å². The van der Waals surface area contributed by atoms with Crippen molar-refractivity contribution in [1.82, 2.24) is 9.78 Å². The second-order valence-electron chi connectivity index (χ2n) is 12.3. The van der Waals surface area contributed by atoms with Crippen molar-refractivity contribution in [2.24, 2.45) is 52.8 Å². The van der Waals surface area contributed by atoms with Gasteiger partial charge in [-0.25, -0.2) is 4.68 Å². The van der Waals surface area contributed by atoms with Gasteiger partial charge in [-0.15, -0.1) is 0 Å². The first kappa shape index (κ1) is 20.8. The van der Waals surface area contributed by atoms with Gasteiger partial charge in [0.1, 0.15) is 18.2 Å². The van der Waals surface area contributed by atoms with Gasteiger partial charge < -0.3 is 5.11 Å². The number of halogens is 1. The van der Waals surface area contributed by atoms with Gasteiger partial charge in [-0.3, -0.25) is 4.79 Å². The summed E-state index contributed by atoms with van der Waals surface area (Å²) in [7, 11) is 0. The Morgan fingerprint density at radius 1 is 1.19 bits per heavy atom. The van der Waals surface area contributed by atoms with Crippen molar-refractivity contribution < 1.29 is 14.3 Å². The van der Waals surface area contributed by atoms with Gasteiger partial charge in [0.2, 0.25) is 5.95 Å². The summed E-state index contributed by atoms with van der Waals surface area (Å²) in [5, 5.41) is 23.6. The Labute approximate surface area is 189 Å². The highest BCUT2D eigenvalue weighted by atomic mass is 19.1. The molecule has 5 aliphatic rings. The van der Waals surface area contributed by atoms with E-state index in [-0.39, 0.29) is 29.2 Å². The minimum atomic E-state index is -0.692. The van der Waals surface area contributed by atoms with E-state index in [9.17, 15) is 14.3 Å². The van der Waals surface area contributed by atoms with Crippen molar-refractivity contribution in [3.63, 3.8) is 0 Å². The molecule has 1 aromatic heterocycles. The van der Waals surface area contributed by atoms with Crippen LogP contribution in [0.5, 0.6) is 0 Å². The van der Waals surface area contributed by atoms with Crippen LogP contribution in [-0.4, -0.2) is 26.3 Å². The van der Waals surface area contributed by atoms with E-state index in [2.05, 4.69) is 12.0 Å². The predicted molar refractivity (Wildman–Crippen MR) is 115 cm³/mol. The lowest BCUT2D eigenvalue weighted by Gasteiger charge is -2.57. The molecule has 1 aromatic rings. The molecule has 10 atom stereocenters. The van der Waals surface area contributed by atoms with Crippen LogP contribution in [0.15, 0.2) is 6.20 Å². The third kappa shape index (κ3) is 2.89. The van der Waals surface area contributed by atoms with E-state index in [0.29, 0.717) is 29.6 Å². The number of hydrogen-bond donors (Lipinski definition) is 1. The lowest BCUT2D eigenvalue weighted by Crippen LogP contribution is -2.52. The molecule has 5 nitrogen and oxygen atoms in total. The monoisotopic (exact) mass is 439 g/mol. The smallest absolute Gasteiger partial charge is 0.229 e. The highest BCUT2D eigenvalue weighted by Gasteiger charge is 2.70. The summed E-state index contributed by atoms with van der Waals surface area (Å²) < 4.78 is 15.4. The van der Waals surface area contributed by atoms with Crippen molar-refractivity contribution in [2.75, 3.05) is 0 Å². The number of fused-ring (bicyclic) bond motifs is 7. The van der Waals surface area contributed by atoms with Gasteiger partial charge >= 0.3 is 0 Å². The van der Waals surface area contributed by atoms with Crippen LogP contribution in [0, 0.1) is 70.0 Å². The van der Waals surface area contributed by atoms with Gasteiger partial charge in [-0.05, 0) is 105 Å². The van der Waals surface area contributed by atoms with E-state index in [1.165, 1.54) is 25.5 Å². The molecule has 6 rings (SSSR count). The molecule has 1 heterocycles. The molecule has 1 N–H and O–H groups in total. The summed E-state index contributed by atoms with van der Waals surface area (Å²) in [4.78, 5) is 13.5. The molecular weight excluding hydrogens is 405 g/mol. The van der Waals surface area contributed by atoms with Crippen LogP contribution in [-0.2, 0) is 11.3 Å². The molecular formula is C26H34FN3O2. The van der Waals surface area contributed by atoms with E-state index in [1.807, 2.05) is 6.92 Å². The zero-order valence-corrected chi connectivity index (χ0v) is 19.1. The lowest BCUT2D eigenvalue weighted by molar-refractivity contribution is -0.136. The molecule has 5 saturated carbocycles. The lowest BCUT2D eigenvalue weighted by atomic mass is 9.48. The third-order valence-corrected chi connectivity index (χ3v) is 10.6. The van der Waals surface area contributed by atoms with Crippen LogP contribution >= 0.6 is 0 Å². The summed E-state index contributed by atoms with van der Waals surface area (Å²) in [6, 6.07) is 1.80. The number of hydrogen-bond acceptors (Lipinski definition) is 4. The van der Waals surface area contributed by atoms with Crippen LogP contribution < -0.4 is 0 Å². The van der Waals surface area contributed by atoms with E-state index in [0.717, 1.165) is 48.6 Å². The largest absolute Gasteiger partial charge is 0.390 e. The summed E-state index contributed by atoms with van der Waals surface area (Å²) >= 11 is 0. The molecule has 0 saturated heterocycles. The van der Waals surface area contributed by atoms with Crippen LogP contribution in [0.4, 0.5) is 4.39 Å². The molecule has 6 heteroatoms. The first-order chi connectivity index (χ1) is 15.2. The maximum Gasteiger partial charge on any atom is 0.229 e. The fraction of sp³-hybridized carbons (Fsp3) is 0.808. The summed E-state index contributed by atoms with van der Waals surface area (Å²) in [6.07, 6.45) is 10.1. The number of rotatable bonds is 3. The molecule has 0 amide bonds. The topological polar surface area (TPSA) is 78.9 Å². The molecule has 5 aliphatic carbocycles. The molecule has 0 bridgehead atoms. The number of nitriles is 1. The number of ketones is 1. The number of nitrogens with zero attached hydrogens (tertiary/aromatic N) is 3. The van der Waals surface area contributed by atoms with Crippen LogP contribution in [0.2, 0.25) is 0 Å². The van der Waals surface area contributed by atoms with Crippen LogP contribution in [0.3, 0.4) is 0 Å². The molecule has 32 heavy (non-hydrogen) atoms. The fourth-order valence-electron chi connectivity index (χ4n) is 9.46. The number of carbonyl (C=O) groups is 1. The van der Waals surface area contributed by atoms with Crippen molar-refractivity contribution >= 4 is 5.78 Å². The highest BCUT2D eigenvalue weighted by Crippen LogP contribution is 2.74. The van der Waals surface area contributed by atoms with E-state index < -0.39 is 11.5 Å². The third-order valence-electron chi connectivity index (χ3n) is 10.6. The molecule has 172 valence electrons. The minimum absolute atomic E-state index is 0.00241. The van der Waals surface area contributed by atoms with Gasteiger partial charge in [-0.2, -0.15) is 14.8 Å². The Bertz CT molecular complexity index is 996. The number of carbonyl (C=O) groups excluding carboxylic acids is 1. The van der Waals surface area contributed by atoms with Gasteiger partial charge in [0, 0.05) is 5.92 Å². The van der Waals surface area contributed by atoms with Crippen LogP contribution in [0.25, 0.3) is 0 Å². The zero-order valence-electron chi connectivity index (χ0n) is 19.1. The van der Waals surface area contributed by atoms with Gasteiger partial charge in [-0.1, -0.05) is 6.92 Å². The summed E-state index contributed by atoms with van der Waals surface area (Å²) in [6.45, 7) is 4.30. The Hall–Kier alpha value is -1.74. The molecule has 0 aliphatic heterocycles. The Kier molecular flexibility index (Phi) is 4.48. The Morgan fingerprint density at radius 3 is 2.72 bits per heavy atom. The average molecular weight is 440 g/mol. The quantitative estimate of drug-likeness (QED) is 0.760. The summed E-state index contributed by atoms with van der Waals surface area (Å²) in [5.74, 6) is 3.99. The first-order valence-electron chi connectivity index (χ1n) is 12.6. The van der Waals surface area contributed by atoms with E-state index in [1.54, 1.807) is 6.07 Å². The SMILES string of the molecule is C[C@@]1(O)CC[C@H]2[C@H](CC[C@@H]3[C@@H]2CC[C@@]2(C)[C@H]3[C@@H]3C[C@@H]3[C@@H]2C(=O)Cn2ncc(C#N)c2F)C1. The number of Topliss-reactive ketones (excluding diaryl/α,β-unsaturated/α-hetero) is 1. The fourth-order valence-corrected chi connectivity index (χ4v) is 9.46. The Morgan fingerprint density at radius 2 is 1.97 bits per heavy atom. The molecule has 0 radical (unpaired) electrons. The standard InChI is InChI=1S/C26H34FN3O2/c1-25(32)7-5-16-14(10-25)3-4-18-17(16)6-8-26(2)22(18)19-9-20(19)23(26)21(31)13-30-24(27)15(11-28)12-29-30/h12,14,16-20,22-23,32H,3-10,13H2,1-2H3/t14-,16+,17-,18-,19-,20+,22-,23-,25-,26+/m1/s1. The van der Waals surface area contributed by atoms with Crippen molar-refractivity contribution in [3.05, 3.63) is 17.7 Å². The molecule has 0 aromatic carbocycles. The van der Waals surface area contributed by atoms with Gasteiger partial charge in [0.25, 0.3) is 0 Å². The number of aromatic nitrogens is 2. The maximum absolute atomic E-state index is 14.4. The van der Waals surface area contributed by atoms with Gasteiger partial charge in [0.05, 0.1) is 11.8 Å². The highest BCUT2D eigenvalue weighted by molar-refractivity contribution is 5.83. The summed E-state index contributed by atoms with van der Waals surface area (Å²) in [5.41, 5.74) is -0.571. The molecule has 0 spiro atoms. The van der Waals surface area contributed by atoms with Crippen molar-refractivity contribution in [1.29, 1.82) is 5.26 Å². The average Bonchev–Trinajstić information content (AvgIpc) is 3.34. The second kappa shape index (κ2) is 6.88. The van der Waals surface area contributed by atoms with Crippen molar-refractivity contribution in [2.45, 2.75) is 77.4 Å². The zero-order chi connectivity index (χ0) is 22.4. The minimum Gasteiger partial charge on any atom is -0.390 e. The normalized spacial score (nSPS) is 48.7. The molecule has 0 unspecified atom stereocenters. The predicted octanol–water partition coefficient (Wildman–Crippen LogP) is 4.34. The Balaban J connectivity index is 1.23. The maximum atomic E-state index is 14.4. The molecule has 5 fully saturated rings. The van der Waals surface area contributed by atoms with Gasteiger partial charge in [0.15, 0.2) is 5.78 Å².